The number of hydrogen-bond acceptors (Lipinski definition) is 5. The van der Waals surface area contributed by atoms with E-state index < -0.39 is 6.10 Å². The van der Waals surface area contributed by atoms with Gasteiger partial charge < -0.3 is 19.7 Å². The zero-order chi connectivity index (χ0) is 11.8. The van der Waals surface area contributed by atoms with Gasteiger partial charge in [0.25, 0.3) is 0 Å². The molecule has 0 aliphatic carbocycles. The minimum absolute atomic E-state index is 0.0633. The fourth-order valence-corrected chi connectivity index (χ4v) is 1.00. The zero-order valence-corrected chi connectivity index (χ0v) is 8.70. The van der Waals surface area contributed by atoms with Crippen LogP contribution in [-0.2, 0) is 4.74 Å². The molecule has 5 heteroatoms. The van der Waals surface area contributed by atoms with E-state index in [1.165, 1.54) is 0 Å². The number of carbonyl (C=O) groups excluding carboxylic acids is 1. The summed E-state index contributed by atoms with van der Waals surface area (Å²) in [5.41, 5.74) is 0.567. The first kappa shape index (κ1) is 12.6. The summed E-state index contributed by atoms with van der Waals surface area (Å²) in [6, 6.07) is 6.52. The van der Waals surface area contributed by atoms with Gasteiger partial charge in [-0.2, -0.15) is 0 Å². The molecule has 0 saturated heterocycles. The summed E-state index contributed by atoms with van der Waals surface area (Å²) in [7, 11) is 0. The number of hydrogen-bond donors (Lipinski definition) is 2. The monoisotopic (exact) mass is 226 g/mol. The fraction of sp³-hybridized carbons (Fsp3) is 0.364. The topological polar surface area (TPSA) is 76.0 Å². The van der Waals surface area contributed by atoms with Crippen LogP contribution in [0.2, 0.25) is 0 Å². The minimum Gasteiger partial charge on any atom is -0.468 e. The van der Waals surface area contributed by atoms with Gasteiger partial charge in [-0.25, -0.2) is 0 Å². The number of benzene rings is 1. The van der Waals surface area contributed by atoms with Crippen LogP contribution in [0.1, 0.15) is 10.4 Å². The number of aldehydes is 1. The van der Waals surface area contributed by atoms with E-state index >= 15 is 0 Å². The van der Waals surface area contributed by atoms with Crippen LogP contribution in [0, 0.1) is 0 Å². The van der Waals surface area contributed by atoms with Crippen molar-refractivity contribution in [2.75, 3.05) is 20.0 Å². The van der Waals surface area contributed by atoms with Gasteiger partial charge in [0.15, 0.2) is 6.79 Å². The Morgan fingerprint density at radius 2 is 1.81 bits per heavy atom. The molecule has 1 rings (SSSR count). The van der Waals surface area contributed by atoms with E-state index in [-0.39, 0.29) is 20.0 Å². The van der Waals surface area contributed by atoms with Crippen LogP contribution in [0.15, 0.2) is 24.3 Å². The molecule has 1 aromatic rings. The van der Waals surface area contributed by atoms with Gasteiger partial charge in [0, 0.05) is 5.56 Å². The lowest BCUT2D eigenvalue weighted by molar-refractivity contribution is -0.0763. The largest absolute Gasteiger partial charge is 0.468 e. The summed E-state index contributed by atoms with van der Waals surface area (Å²) in [5, 5.41) is 17.4. The van der Waals surface area contributed by atoms with E-state index in [2.05, 4.69) is 0 Å². The van der Waals surface area contributed by atoms with Crippen molar-refractivity contribution in [1.29, 1.82) is 0 Å². The maximum Gasteiger partial charge on any atom is 0.189 e. The predicted molar refractivity (Wildman–Crippen MR) is 56.4 cm³/mol. The van der Waals surface area contributed by atoms with Crippen LogP contribution < -0.4 is 4.74 Å². The molecule has 88 valence electrons. The standard InChI is InChI=1S/C11H14O5/c12-5-9-1-3-10(4-2-9)15-8-16-11(6-13)7-14/h1-5,11,13-14H,6-8H2. The Morgan fingerprint density at radius 1 is 1.19 bits per heavy atom. The Hall–Kier alpha value is -1.43. The Balaban J connectivity index is 2.34. The van der Waals surface area contributed by atoms with E-state index in [1.54, 1.807) is 24.3 Å². The summed E-state index contributed by atoms with van der Waals surface area (Å²) in [6.45, 7) is -0.583. The molecule has 0 saturated carbocycles. The molecule has 0 unspecified atom stereocenters. The van der Waals surface area contributed by atoms with Gasteiger partial charge in [-0.1, -0.05) is 0 Å². The number of ether oxygens (including phenoxy) is 2. The van der Waals surface area contributed by atoms with E-state index in [1.807, 2.05) is 0 Å². The average Bonchev–Trinajstić information content (AvgIpc) is 2.35. The zero-order valence-electron chi connectivity index (χ0n) is 8.70. The third kappa shape index (κ3) is 3.98. The van der Waals surface area contributed by atoms with E-state index in [9.17, 15) is 4.79 Å². The summed E-state index contributed by atoms with van der Waals surface area (Å²) in [6.07, 6.45) is 0.114. The number of carbonyl (C=O) groups is 1. The Bertz CT molecular complexity index is 305. The van der Waals surface area contributed by atoms with Crippen LogP contribution in [0.4, 0.5) is 0 Å². The second kappa shape index (κ2) is 6.95. The Labute approximate surface area is 93.2 Å². The van der Waals surface area contributed by atoms with Gasteiger partial charge in [-0.15, -0.1) is 0 Å². The van der Waals surface area contributed by atoms with Gasteiger partial charge in [-0.05, 0) is 24.3 Å². The van der Waals surface area contributed by atoms with Crippen molar-refractivity contribution >= 4 is 6.29 Å². The smallest absolute Gasteiger partial charge is 0.189 e. The maximum atomic E-state index is 10.4. The van der Waals surface area contributed by atoms with E-state index in [4.69, 9.17) is 19.7 Å². The Morgan fingerprint density at radius 3 is 2.31 bits per heavy atom. The van der Waals surface area contributed by atoms with Crippen LogP contribution in [-0.4, -0.2) is 42.6 Å². The van der Waals surface area contributed by atoms with Gasteiger partial charge in [0.1, 0.15) is 18.1 Å². The first-order valence-electron chi connectivity index (χ1n) is 4.81. The summed E-state index contributed by atoms with van der Waals surface area (Å²) >= 11 is 0. The minimum atomic E-state index is -0.630. The summed E-state index contributed by atoms with van der Waals surface area (Å²) in [4.78, 5) is 10.4. The van der Waals surface area contributed by atoms with E-state index in [0.29, 0.717) is 11.3 Å². The first-order valence-corrected chi connectivity index (χ1v) is 4.81. The molecule has 0 radical (unpaired) electrons. The van der Waals surface area contributed by atoms with Crippen LogP contribution in [0.5, 0.6) is 5.75 Å². The fourth-order valence-electron chi connectivity index (χ4n) is 1.00. The van der Waals surface area contributed by atoms with Gasteiger partial charge in [-0.3, -0.25) is 4.79 Å². The second-order valence-corrected chi connectivity index (χ2v) is 3.10. The lowest BCUT2D eigenvalue weighted by Gasteiger charge is -2.13. The molecule has 2 N–H and O–H groups in total. The molecule has 0 amide bonds. The van der Waals surface area contributed by atoms with Gasteiger partial charge >= 0.3 is 0 Å². The van der Waals surface area contributed by atoms with Crippen LogP contribution in [0.25, 0.3) is 0 Å². The quantitative estimate of drug-likeness (QED) is 0.513. The molecular weight excluding hydrogens is 212 g/mol. The van der Waals surface area contributed by atoms with Crippen molar-refractivity contribution in [2.45, 2.75) is 6.10 Å². The third-order valence-corrected chi connectivity index (χ3v) is 1.95. The lowest BCUT2D eigenvalue weighted by Crippen LogP contribution is -2.24. The molecule has 0 atom stereocenters. The van der Waals surface area contributed by atoms with Crippen molar-refractivity contribution in [2.24, 2.45) is 0 Å². The molecule has 0 bridgehead atoms. The molecule has 5 nitrogen and oxygen atoms in total. The highest BCUT2D eigenvalue weighted by Crippen LogP contribution is 2.11. The molecule has 0 heterocycles. The molecule has 0 fully saturated rings. The first-order chi connectivity index (χ1) is 7.80. The van der Waals surface area contributed by atoms with Crippen molar-refractivity contribution in [1.82, 2.24) is 0 Å². The van der Waals surface area contributed by atoms with Crippen molar-refractivity contribution in [3.05, 3.63) is 29.8 Å². The molecular formula is C11H14O5. The molecule has 0 aliphatic heterocycles. The normalized spacial score (nSPS) is 10.4. The number of rotatable bonds is 7. The summed E-state index contributed by atoms with van der Waals surface area (Å²) < 4.78 is 10.2. The highest BCUT2D eigenvalue weighted by Gasteiger charge is 2.05. The highest BCUT2D eigenvalue weighted by molar-refractivity contribution is 5.74. The van der Waals surface area contributed by atoms with Crippen molar-refractivity contribution in [3.63, 3.8) is 0 Å². The molecule has 1 aromatic carbocycles. The number of aliphatic hydroxyl groups excluding tert-OH is 2. The van der Waals surface area contributed by atoms with Crippen molar-refractivity contribution in [3.8, 4) is 5.75 Å². The van der Waals surface area contributed by atoms with Crippen molar-refractivity contribution < 1.29 is 24.5 Å². The van der Waals surface area contributed by atoms with Gasteiger partial charge in [0.05, 0.1) is 13.2 Å². The van der Waals surface area contributed by atoms with Crippen LogP contribution >= 0.6 is 0 Å². The van der Waals surface area contributed by atoms with E-state index in [0.717, 1.165) is 6.29 Å². The maximum absolute atomic E-state index is 10.4. The number of aliphatic hydroxyl groups is 2. The van der Waals surface area contributed by atoms with Gasteiger partial charge in [0.2, 0.25) is 0 Å². The second-order valence-electron chi connectivity index (χ2n) is 3.10. The SMILES string of the molecule is O=Cc1ccc(OCOC(CO)CO)cc1. The lowest BCUT2D eigenvalue weighted by atomic mass is 10.2. The predicted octanol–water partition coefficient (Wildman–Crippen LogP) is 0.205. The molecule has 0 aliphatic rings. The van der Waals surface area contributed by atoms with Crippen LogP contribution in [0.3, 0.4) is 0 Å². The molecule has 0 spiro atoms. The molecule has 16 heavy (non-hydrogen) atoms. The highest BCUT2D eigenvalue weighted by atomic mass is 16.7. The molecule has 0 aromatic heterocycles. The summed E-state index contributed by atoms with van der Waals surface area (Å²) in [5.74, 6) is 0.556. The third-order valence-electron chi connectivity index (χ3n) is 1.95. The average molecular weight is 226 g/mol. The Kier molecular flexibility index (Phi) is 5.49.